The predicted octanol–water partition coefficient (Wildman–Crippen LogP) is -1.69. The maximum atomic E-state index is 12.7. The average Bonchev–Trinajstić information content (AvgIpc) is 2.67. The largest absolute Gasteiger partial charge is 0.395 e. The molecule has 0 amide bonds. The molecule has 1 aromatic rings. The number of carbonyl (C=O) groups is 2. The summed E-state index contributed by atoms with van der Waals surface area (Å²) in [5.41, 5.74) is -1.02. The number of aromatic nitrogens is 1. The fourth-order valence-corrected chi connectivity index (χ4v) is 4.56. The summed E-state index contributed by atoms with van der Waals surface area (Å²) in [4.78, 5) is 48.3. The van der Waals surface area contributed by atoms with Gasteiger partial charge in [-0.15, -0.1) is 10.1 Å². The van der Waals surface area contributed by atoms with E-state index in [0.717, 1.165) is 14.7 Å². The molecule has 0 saturated carbocycles. The Morgan fingerprint density at radius 3 is 1.37 bits per heavy atom. The van der Waals surface area contributed by atoms with Gasteiger partial charge in [0.25, 0.3) is 0 Å². The number of hydrogen-bond donors (Lipinski definition) is 4. The lowest BCUT2D eigenvalue weighted by Gasteiger charge is -2.23. The molecule has 0 unspecified atom stereocenters. The summed E-state index contributed by atoms with van der Waals surface area (Å²) in [6, 6.07) is 0. The van der Waals surface area contributed by atoms with Gasteiger partial charge >= 0.3 is 11.9 Å². The number of hydroxylamine groups is 4. The number of halogens is 2. The lowest BCUT2D eigenvalue weighted by molar-refractivity contribution is -0.122. The van der Waals surface area contributed by atoms with Crippen LogP contribution in [-0.4, -0.2) is 99.7 Å². The molecule has 0 saturated heterocycles. The Bertz CT molecular complexity index is 731. The highest BCUT2D eigenvalue weighted by atomic mass is 127. The molecule has 1 aromatic heterocycles. The van der Waals surface area contributed by atoms with Crippen molar-refractivity contribution in [1.82, 2.24) is 14.7 Å². The molecule has 12 nitrogen and oxygen atoms in total. The van der Waals surface area contributed by atoms with Gasteiger partial charge in [-0.1, -0.05) is 0 Å². The van der Waals surface area contributed by atoms with E-state index in [-0.39, 0.29) is 71.1 Å². The molecule has 30 heavy (non-hydrogen) atoms. The van der Waals surface area contributed by atoms with Crippen molar-refractivity contribution < 1.29 is 39.7 Å². The molecule has 170 valence electrons. The monoisotopic (exact) mass is 655 g/mol. The van der Waals surface area contributed by atoms with Crippen LogP contribution < -0.4 is 5.43 Å². The van der Waals surface area contributed by atoms with E-state index in [1.165, 1.54) is 7.05 Å². The van der Waals surface area contributed by atoms with Crippen LogP contribution in [0.25, 0.3) is 0 Å². The lowest BCUT2D eigenvalue weighted by atomic mass is 10.2. The zero-order chi connectivity index (χ0) is 22.8. The van der Waals surface area contributed by atoms with Gasteiger partial charge in [0, 0.05) is 7.05 Å². The second-order valence-corrected chi connectivity index (χ2v) is 7.88. The minimum absolute atomic E-state index is 0.0107. The molecule has 1 heterocycles. The summed E-state index contributed by atoms with van der Waals surface area (Å²) >= 11 is 3.34. The summed E-state index contributed by atoms with van der Waals surface area (Å²) in [7, 11) is 1.38. The fraction of sp³-hybridized carbons (Fsp3) is 0.562. The van der Waals surface area contributed by atoms with Crippen LogP contribution in [0.1, 0.15) is 21.0 Å². The SMILES string of the molecule is Cn1c(C(=O)ON(CCO)CCO)c(I)c(=O)c(I)c1C(=O)ON(CCO)CCO. The quantitative estimate of drug-likeness (QED) is 0.150. The maximum Gasteiger partial charge on any atom is 0.375 e. The normalized spacial score (nSPS) is 11.2. The smallest absolute Gasteiger partial charge is 0.375 e. The second-order valence-electron chi connectivity index (χ2n) is 5.72. The van der Waals surface area contributed by atoms with Crippen LogP contribution in [-0.2, 0) is 16.7 Å². The van der Waals surface area contributed by atoms with E-state index < -0.39 is 17.4 Å². The zero-order valence-electron chi connectivity index (χ0n) is 16.1. The Morgan fingerprint density at radius 1 is 0.800 bits per heavy atom. The van der Waals surface area contributed by atoms with Crippen LogP contribution >= 0.6 is 45.2 Å². The number of nitrogens with zero attached hydrogens (tertiary/aromatic N) is 3. The van der Waals surface area contributed by atoms with Crippen LogP contribution in [0.3, 0.4) is 0 Å². The summed E-state index contributed by atoms with van der Waals surface area (Å²) in [6.45, 7) is -1.59. The first-order valence-electron chi connectivity index (χ1n) is 8.69. The summed E-state index contributed by atoms with van der Waals surface area (Å²) in [5.74, 6) is -1.93. The van der Waals surface area contributed by atoms with Crippen molar-refractivity contribution in [2.75, 3.05) is 52.6 Å². The van der Waals surface area contributed by atoms with E-state index in [0.29, 0.717) is 0 Å². The van der Waals surface area contributed by atoms with Crippen LogP contribution in [0.2, 0.25) is 0 Å². The first-order valence-corrected chi connectivity index (χ1v) is 10.8. The van der Waals surface area contributed by atoms with E-state index in [2.05, 4.69) is 0 Å². The standard InChI is InChI=1S/C16H23I2N3O9/c1-19-12(15(27)29-20(2-6-22)3-7-23)10(17)14(26)11(18)13(19)16(28)30-21(4-8-24)5-9-25/h22-25H,2-9H2,1H3. The molecule has 0 aliphatic carbocycles. The molecule has 1 rings (SSSR count). The molecule has 0 radical (unpaired) electrons. The molecular weight excluding hydrogens is 632 g/mol. The number of rotatable bonds is 12. The molecular formula is C16H23I2N3O9. The number of aliphatic hydroxyl groups excluding tert-OH is 4. The first kappa shape index (κ1) is 27.1. The minimum Gasteiger partial charge on any atom is -0.395 e. The van der Waals surface area contributed by atoms with Gasteiger partial charge in [0.1, 0.15) is 11.4 Å². The van der Waals surface area contributed by atoms with Crippen molar-refractivity contribution in [3.05, 3.63) is 28.8 Å². The Kier molecular flexibility index (Phi) is 12.2. The van der Waals surface area contributed by atoms with Gasteiger partial charge < -0.3 is 34.7 Å². The van der Waals surface area contributed by atoms with Crippen LogP contribution in [0.4, 0.5) is 0 Å². The number of aliphatic hydroxyl groups is 4. The highest BCUT2D eigenvalue weighted by Gasteiger charge is 2.29. The molecule has 0 aromatic carbocycles. The molecule has 0 spiro atoms. The summed E-state index contributed by atoms with van der Waals surface area (Å²) < 4.78 is 1.18. The topological polar surface area (TPSA) is 162 Å². The van der Waals surface area contributed by atoms with Gasteiger partial charge in [0.15, 0.2) is 0 Å². The van der Waals surface area contributed by atoms with Gasteiger partial charge in [0.05, 0.1) is 59.7 Å². The van der Waals surface area contributed by atoms with Crippen molar-refractivity contribution in [3.8, 4) is 0 Å². The van der Waals surface area contributed by atoms with Crippen molar-refractivity contribution in [3.63, 3.8) is 0 Å². The summed E-state index contributed by atoms with van der Waals surface area (Å²) in [6.07, 6.45) is 0. The van der Waals surface area contributed by atoms with Crippen LogP contribution in [0.15, 0.2) is 4.79 Å². The van der Waals surface area contributed by atoms with E-state index in [1.54, 1.807) is 45.2 Å². The highest BCUT2D eigenvalue weighted by Crippen LogP contribution is 2.18. The third kappa shape index (κ3) is 7.08. The van der Waals surface area contributed by atoms with Crippen molar-refractivity contribution in [2.45, 2.75) is 0 Å². The van der Waals surface area contributed by atoms with Gasteiger partial charge in [-0.2, -0.15) is 0 Å². The first-order chi connectivity index (χ1) is 14.2. The fourth-order valence-electron chi connectivity index (χ4n) is 2.34. The molecule has 0 aliphatic rings. The average molecular weight is 655 g/mol. The summed E-state index contributed by atoms with van der Waals surface area (Å²) in [5, 5.41) is 38.3. The Hall–Kier alpha value is -0.890. The van der Waals surface area contributed by atoms with Gasteiger partial charge in [-0.3, -0.25) is 4.79 Å². The zero-order valence-corrected chi connectivity index (χ0v) is 20.4. The number of hydrogen-bond acceptors (Lipinski definition) is 11. The maximum absolute atomic E-state index is 12.7. The van der Waals surface area contributed by atoms with Gasteiger partial charge in [-0.05, 0) is 45.2 Å². The molecule has 0 atom stereocenters. The number of pyridine rings is 1. The third-order valence-corrected chi connectivity index (χ3v) is 5.70. The van der Waals surface area contributed by atoms with E-state index in [1.807, 2.05) is 0 Å². The molecule has 0 fully saturated rings. The van der Waals surface area contributed by atoms with Gasteiger partial charge in [0.2, 0.25) is 5.43 Å². The third-order valence-electron chi connectivity index (χ3n) is 3.69. The predicted molar refractivity (Wildman–Crippen MR) is 119 cm³/mol. The van der Waals surface area contributed by atoms with Crippen molar-refractivity contribution >= 4 is 57.1 Å². The molecule has 14 heteroatoms. The van der Waals surface area contributed by atoms with E-state index >= 15 is 0 Å². The van der Waals surface area contributed by atoms with E-state index in [4.69, 9.17) is 30.1 Å². The molecule has 0 bridgehead atoms. The Morgan fingerprint density at radius 2 is 1.10 bits per heavy atom. The lowest BCUT2D eigenvalue weighted by Crippen LogP contribution is -2.37. The van der Waals surface area contributed by atoms with E-state index in [9.17, 15) is 14.4 Å². The second kappa shape index (κ2) is 13.5. The van der Waals surface area contributed by atoms with Crippen molar-refractivity contribution in [2.24, 2.45) is 7.05 Å². The Labute approximate surface area is 199 Å². The minimum atomic E-state index is -0.964. The molecule has 0 aliphatic heterocycles. The molecule has 4 N–H and O–H groups in total. The number of carbonyl (C=O) groups excluding carboxylic acids is 2. The van der Waals surface area contributed by atoms with Crippen molar-refractivity contribution in [1.29, 1.82) is 0 Å². The highest BCUT2D eigenvalue weighted by molar-refractivity contribution is 14.1. The van der Waals surface area contributed by atoms with Gasteiger partial charge in [-0.25, -0.2) is 9.59 Å². The van der Waals surface area contributed by atoms with Crippen LogP contribution in [0.5, 0.6) is 0 Å². The Balaban J connectivity index is 3.34. The van der Waals surface area contributed by atoms with Crippen LogP contribution in [0, 0.1) is 7.14 Å².